The van der Waals surface area contributed by atoms with Crippen LogP contribution in [0.15, 0.2) is 18.3 Å². The molecule has 0 aromatic carbocycles. The molecule has 86 valence electrons. The maximum atomic E-state index is 6.01. The number of nitrogens with two attached hydrogens (primary N) is 1. The number of pyridine rings is 1. The second-order valence-electron chi connectivity index (χ2n) is 5.40. The first kappa shape index (κ1) is 14.4. The molecule has 0 unspecified atom stereocenters. The fourth-order valence-corrected chi connectivity index (χ4v) is 1.25. The third-order valence-electron chi connectivity index (χ3n) is 2.29. The third-order valence-corrected chi connectivity index (χ3v) is 2.29. The Morgan fingerprint density at radius 3 is 2.07 bits per heavy atom. The van der Waals surface area contributed by atoms with Gasteiger partial charge in [0.15, 0.2) is 0 Å². The topological polar surface area (TPSA) is 38.9 Å². The molecule has 2 N–H and O–H groups in total. The molecule has 0 aliphatic heterocycles. The zero-order chi connectivity index (χ0) is 11.0. The van der Waals surface area contributed by atoms with Gasteiger partial charge in [-0.05, 0) is 37.0 Å². The van der Waals surface area contributed by atoms with Crippen LogP contribution < -0.4 is 5.73 Å². The second kappa shape index (κ2) is 4.50. The lowest BCUT2D eigenvalue weighted by molar-refractivity contribution is 0.526. The normalized spacial score (nSPS) is 12.1. The molecule has 0 saturated heterocycles. The molecule has 1 aromatic heterocycles. The molecule has 15 heavy (non-hydrogen) atoms. The van der Waals surface area contributed by atoms with Gasteiger partial charge in [-0.15, -0.1) is 12.4 Å². The van der Waals surface area contributed by atoms with Crippen molar-refractivity contribution in [1.82, 2.24) is 4.98 Å². The summed E-state index contributed by atoms with van der Waals surface area (Å²) >= 11 is 0. The minimum Gasteiger partial charge on any atom is -0.321 e. The summed E-state index contributed by atoms with van der Waals surface area (Å²) in [4.78, 5) is 4.30. The van der Waals surface area contributed by atoms with Crippen molar-refractivity contribution in [2.24, 2.45) is 5.73 Å². The van der Waals surface area contributed by atoms with E-state index in [4.69, 9.17) is 5.73 Å². The number of rotatable bonds is 1. The van der Waals surface area contributed by atoms with Crippen molar-refractivity contribution in [3.05, 3.63) is 29.6 Å². The predicted molar refractivity (Wildman–Crippen MR) is 67.4 cm³/mol. The van der Waals surface area contributed by atoms with E-state index in [2.05, 4.69) is 37.9 Å². The van der Waals surface area contributed by atoms with Crippen LogP contribution in [0.2, 0.25) is 0 Å². The Kier molecular flexibility index (Phi) is 4.32. The summed E-state index contributed by atoms with van der Waals surface area (Å²) in [5.74, 6) is 0. The van der Waals surface area contributed by atoms with Gasteiger partial charge in [0, 0.05) is 6.20 Å². The number of hydrogen-bond donors (Lipinski definition) is 1. The molecule has 0 amide bonds. The number of nitrogens with zero attached hydrogens (tertiary/aromatic N) is 1. The summed E-state index contributed by atoms with van der Waals surface area (Å²) in [7, 11) is 0. The van der Waals surface area contributed by atoms with Gasteiger partial charge in [0.05, 0.1) is 11.2 Å². The van der Waals surface area contributed by atoms with Crippen LogP contribution in [0.1, 0.15) is 45.9 Å². The van der Waals surface area contributed by atoms with Gasteiger partial charge >= 0.3 is 0 Å². The molecule has 0 radical (unpaired) electrons. The van der Waals surface area contributed by atoms with Crippen molar-refractivity contribution < 1.29 is 0 Å². The molecule has 0 fully saturated rings. The van der Waals surface area contributed by atoms with Gasteiger partial charge in [-0.2, -0.15) is 0 Å². The Bertz CT molecular complexity index is 292. The zero-order valence-corrected chi connectivity index (χ0v) is 11.0. The van der Waals surface area contributed by atoms with Crippen LogP contribution >= 0.6 is 12.4 Å². The second-order valence-corrected chi connectivity index (χ2v) is 5.40. The quantitative estimate of drug-likeness (QED) is 0.803. The summed E-state index contributed by atoms with van der Waals surface area (Å²) in [5.41, 5.74) is 8.03. The summed E-state index contributed by atoms with van der Waals surface area (Å²) in [6.07, 6.45) is 1.84. The molecule has 0 atom stereocenters. The van der Waals surface area contributed by atoms with Crippen LogP contribution in [0.3, 0.4) is 0 Å². The molecule has 0 aliphatic carbocycles. The lowest BCUT2D eigenvalue weighted by Crippen LogP contribution is -2.30. The largest absolute Gasteiger partial charge is 0.321 e. The van der Waals surface area contributed by atoms with Crippen molar-refractivity contribution in [1.29, 1.82) is 0 Å². The van der Waals surface area contributed by atoms with Gasteiger partial charge in [-0.1, -0.05) is 20.8 Å². The number of halogens is 1. The molecule has 1 aromatic rings. The highest BCUT2D eigenvalue weighted by Gasteiger charge is 2.19. The fourth-order valence-electron chi connectivity index (χ4n) is 1.25. The number of aromatic nitrogens is 1. The smallest absolute Gasteiger partial charge is 0.0599 e. The van der Waals surface area contributed by atoms with E-state index in [-0.39, 0.29) is 23.4 Å². The van der Waals surface area contributed by atoms with Gasteiger partial charge in [0.1, 0.15) is 0 Å². The summed E-state index contributed by atoms with van der Waals surface area (Å²) in [6.45, 7) is 10.5. The average Bonchev–Trinajstić information content (AvgIpc) is 2.01. The molecular weight excluding hydrogens is 208 g/mol. The first-order chi connectivity index (χ1) is 6.21. The van der Waals surface area contributed by atoms with E-state index in [1.165, 1.54) is 5.56 Å². The van der Waals surface area contributed by atoms with E-state index in [9.17, 15) is 0 Å². The van der Waals surface area contributed by atoms with Crippen molar-refractivity contribution >= 4 is 12.4 Å². The maximum absolute atomic E-state index is 6.01. The van der Waals surface area contributed by atoms with Gasteiger partial charge in [-0.25, -0.2) is 0 Å². The predicted octanol–water partition coefficient (Wildman–Crippen LogP) is 2.99. The Labute approximate surface area is 98.7 Å². The summed E-state index contributed by atoms with van der Waals surface area (Å²) < 4.78 is 0. The SMILES string of the molecule is CC(C)(C)c1ccnc(C(C)(C)N)c1.Cl. The van der Waals surface area contributed by atoms with Gasteiger partial charge in [0.2, 0.25) is 0 Å². The van der Waals surface area contributed by atoms with E-state index in [0.717, 1.165) is 5.69 Å². The minimum atomic E-state index is -0.360. The lowest BCUT2D eigenvalue weighted by atomic mass is 9.86. The Morgan fingerprint density at radius 2 is 1.67 bits per heavy atom. The fraction of sp³-hybridized carbons (Fsp3) is 0.583. The van der Waals surface area contributed by atoms with Crippen molar-refractivity contribution in [2.75, 3.05) is 0 Å². The molecule has 1 heterocycles. The van der Waals surface area contributed by atoms with Crippen molar-refractivity contribution in [3.8, 4) is 0 Å². The molecule has 3 heteroatoms. The lowest BCUT2D eigenvalue weighted by Gasteiger charge is -2.23. The van der Waals surface area contributed by atoms with E-state index < -0.39 is 0 Å². The van der Waals surface area contributed by atoms with E-state index in [1.807, 2.05) is 20.0 Å². The van der Waals surface area contributed by atoms with E-state index in [1.54, 1.807) is 0 Å². The third kappa shape index (κ3) is 3.80. The number of hydrogen-bond acceptors (Lipinski definition) is 2. The van der Waals surface area contributed by atoms with Crippen LogP contribution in [0.4, 0.5) is 0 Å². The van der Waals surface area contributed by atoms with Gasteiger partial charge in [0.25, 0.3) is 0 Å². The summed E-state index contributed by atoms with van der Waals surface area (Å²) in [6, 6.07) is 4.15. The average molecular weight is 229 g/mol. The molecule has 0 bridgehead atoms. The van der Waals surface area contributed by atoms with Crippen molar-refractivity contribution in [3.63, 3.8) is 0 Å². The van der Waals surface area contributed by atoms with Crippen LogP contribution in [-0.4, -0.2) is 4.98 Å². The molecule has 1 rings (SSSR count). The zero-order valence-electron chi connectivity index (χ0n) is 10.2. The first-order valence-corrected chi connectivity index (χ1v) is 4.97. The van der Waals surface area contributed by atoms with Crippen LogP contribution in [0.5, 0.6) is 0 Å². The highest BCUT2D eigenvalue weighted by atomic mass is 35.5. The van der Waals surface area contributed by atoms with Crippen molar-refractivity contribution in [2.45, 2.75) is 45.6 Å². The molecule has 0 aliphatic rings. The van der Waals surface area contributed by atoms with E-state index in [0.29, 0.717) is 0 Å². The van der Waals surface area contributed by atoms with E-state index >= 15 is 0 Å². The van der Waals surface area contributed by atoms with Crippen LogP contribution in [-0.2, 0) is 11.0 Å². The Balaban J connectivity index is 0.00000196. The highest BCUT2D eigenvalue weighted by molar-refractivity contribution is 5.85. The Hall–Kier alpha value is -0.600. The van der Waals surface area contributed by atoms with Gasteiger partial charge in [-0.3, -0.25) is 4.98 Å². The monoisotopic (exact) mass is 228 g/mol. The van der Waals surface area contributed by atoms with Crippen LogP contribution in [0, 0.1) is 0 Å². The highest BCUT2D eigenvalue weighted by Crippen LogP contribution is 2.24. The molecular formula is C12H21ClN2. The Morgan fingerprint density at radius 1 is 1.13 bits per heavy atom. The molecule has 2 nitrogen and oxygen atoms in total. The maximum Gasteiger partial charge on any atom is 0.0599 e. The van der Waals surface area contributed by atoms with Gasteiger partial charge < -0.3 is 5.73 Å². The molecule has 0 saturated carbocycles. The first-order valence-electron chi connectivity index (χ1n) is 4.97. The molecule has 0 spiro atoms. The summed E-state index contributed by atoms with van der Waals surface area (Å²) in [5, 5.41) is 0. The standard InChI is InChI=1S/C12H20N2.ClH/c1-11(2,3)9-6-7-14-10(8-9)12(4,5)13;/h6-8H,13H2,1-5H3;1H. The van der Waals surface area contributed by atoms with Crippen LogP contribution in [0.25, 0.3) is 0 Å². The minimum absolute atomic E-state index is 0.